The zero-order valence-corrected chi connectivity index (χ0v) is 14.4. The second-order valence-corrected chi connectivity index (χ2v) is 6.87. The van der Waals surface area contributed by atoms with Crippen LogP contribution in [0.1, 0.15) is 37.6 Å². The summed E-state index contributed by atoms with van der Waals surface area (Å²) in [6.45, 7) is 4.52. The molecule has 25 heavy (non-hydrogen) atoms. The van der Waals surface area contributed by atoms with Crippen LogP contribution in [0.5, 0.6) is 0 Å². The molecule has 4 rings (SSSR count). The molecule has 1 fully saturated rings. The Balaban J connectivity index is 1.45. The molecule has 3 aliphatic heterocycles. The number of imidazole rings is 1. The summed E-state index contributed by atoms with van der Waals surface area (Å²) in [6, 6.07) is 0. The summed E-state index contributed by atoms with van der Waals surface area (Å²) in [7, 11) is 0. The molecular weight excluding hydrogens is 323 g/mol. The van der Waals surface area contributed by atoms with Gasteiger partial charge in [0.25, 0.3) is 5.91 Å². The summed E-state index contributed by atoms with van der Waals surface area (Å²) >= 11 is 0. The summed E-state index contributed by atoms with van der Waals surface area (Å²) in [4.78, 5) is 24.3. The van der Waals surface area contributed by atoms with Crippen molar-refractivity contribution < 1.29 is 9.18 Å². The van der Waals surface area contributed by atoms with Crippen LogP contribution in [0.15, 0.2) is 16.5 Å². The molecule has 3 aliphatic rings. The van der Waals surface area contributed by atoms with E-state index in [1.807, 2.05) is 11.8 Å². The van der Waals surface area contributed by atoms with E-state index in [4.69, 9.17) is 0 Å². The Morgan fingerprint density at radius 3 is 2.88 bits per heavy atom. The van der Waals surface area contributed by atoms with Gasteiger partial charge >= 0.3 is 0 Å². The first-order chi connectivity index (χ1) is 12.2. The number of nitrogens with zero attached hydrogens (tertiary/aromatic N) is 5. The highest BCUT2D eigenvalue weighted by Gasteiger charge is 2.37. The minimum atomic E-state index is -0.725. The molecule has 1 aromatic rings. The SMILES string of the molecule is CCC1C(C(=O)N2CCc3nc[nH]c3C2)=NN=C1N1CCC(F)CC1. The van der Waals surface area contributed by atoms with Gasteiger partial charge in [-0.15, -0.1) is 10.2 Å². The molecule has 0 saturated carbocycles. The Bertz CT molecular complexity index is 718. The molecule has 0 aromatic carbocycles. The fourth-order valence-electron chi connectivity index (χ4n) is 3.84. The summed E-state index contributed by atoms with van der Waals surface area (Å²) < 4.78 is 13.4. The largest absolute Gasteiger partial charge is 0.358 e. The third kappa shape index (κ3) is 2.94. The first kappa shape index (κ1) is 16.2. The monoisotopic (exact) mass is 346 g/mol. The molecule has 1 unspecified atom stereocenters. The number of H-pyrrole nitrogens is 1. The zero-order valence-electron chi connectivity index (χ0n) is 14.4. The molecule has 1 aromatic heterocycles. The average Bonchev–Trinajstić information content (AvgIpc) is 3.27. The van der Waals surface area contributed by atoms with Crippen LogP contribution in [-0.2, 0) is 17.8 Å². The zero-order chi connectivity index (χ0) is 17.4. The Hall–Kier alpha value is -2.25. The first-order valence-electron chi connectivity index (χ1n) is 9.02. The van der Waals surface area contributed by atoms with Gasteiger partial charge in [-0.3, -0.25) is 4.79 Å². The van der Waals surface area contributed by atoms with Crippen molar-refractivity contribution in [3.05, 3.63) is 17.7 Å². The van der Waals surface area contributed by atoms with Gasteiger partial charge in [-0.25, -0.2) is 9.37 Å². The van der Waals surface area contributed by atoms with Gasteiger partial charge in [0.1, 0.15) is 17.7 Å². The van der Waals surface area contributed by atoms with Gasteiger partial charge in [0.15, 0.2) is 0 Å². The fourth-order valence-corrected chi connectivity index (χ4v) is 3.84. The third-order valence-electron chi connectivity index (χ3n) is 5.34. The summed E-state index contributed by atoms with van der Waals surface area (Å²) in [5, 5.41) is 8.54. The van der Waals surface area contributed by atoms with Crippen LogP contribution in [0.4, 0.5) is 4.39 Å². The van der Waals surface area contributed by atoms with Crippen LogP contribution in [0.25, 0.3) is 0 Å². The lowest BCUT2D eigenvalue weighted by atomic mass is 9.95. The minimum Gasteiger partial charge on any atom is -0.358 e. The number of alkyl halides is 1. The van der Waals surface area contributed by atoms with Gasteiger partial charge in [0, 0.05) is 26.1 Å². The lowest BCUT2D eigenvalue weighted by molar-refractivity contribution is -0.125. The Kier molecular flexibility index (Phi) is 4.27. The van der Waals surface area contributed by atoms with E-state index in [9.17, 15) is 9.18 Å². The molecule has 1 N–H and O–H groups in total. The average molecular weight is 346 g/mol. The van der Waals surface area contributed by atoms with E-state index in [-0.39, 0.29) is 11.8 Å². The van der Waals surface area contributed by atoms with E-state index in [0.29, 0.717) is 44.7 Å². The number of amides is 1. The number of rotatable bonds is 2. The lowest BCUT2D eigenvalue weighted by Crippen LogP contribution is -2.47. The van der Waals surface area contributed by atoms with Crippen molar-refractivity contribution in [3.8, 4) is 0 Å². The number of hydrogen-bond donors (Lipinski definition) is 1. The smallest absolute Gasteiger partial charge is 0.271 e. The van der Waals surface area contributed by atoms with Crippen molar-refractivity contribution >= 4 is 17.5 Å². The molecule has 8 heteroatoms. The lowest BCUT2D eigenvalue weighted by Gasteiger charge is -2.33. The van der Waals surface area contributed by atoms with Crippen LogP contribution in [0, 0.1) is 5.92 Å². The van der Waals surface area contributed by atoms with Crippen LogP contribution >= 0.6 is 0 Å². The quantitative estimate of drug-likeness (QED) is 0.882. The Morgan fingerprint density at radius 1 is 1.32 bits per heavy atom. The van der Waals surface area contributed by atoms with Crippen molar-refractivity contribution in [2.45, 2.75) is 45.3 Å². The highest BCUT2D eigenvalue weighted by Crippen LogP contribution is 2.25. The number of halogens is 1. The van der Waals surface area contributed by atoms with Crippen LogP contribution in [0.2, 0.25) is 0 Å². The highest BCUT2D eigenvalue weighted by atomic mass is 19.1. The van der Waals surface area contributed by atoms with Crippen LogP contribution in [0.3, 0.4) is 0 Å². The molecule has 0 spiro atoms. The molecule has 7 nitrogen and oxygen atoms in total. The number of likely N-dealkylation sites (tertiary alicyclic amines) is 1. The molecule has 0 bridgehead atoms. The molecule has 1 atom stereocenters. The standard InChI is InChI=1S/C17H23FN6O/c1-2-12-15(21-22-16(12)23-6-3-11(18)4-7-23)17(25)24-8-5-13-14(9-24)20-10-19-13/h10-12H,2-9H2,1H3,(H,19,20). The number of aromatic nitrogens is 2. The molecule has 0 radical (unpaired) electrons. The Labute approximate surface area is 146 Å². The predicted octanol–water partition coefficient (Wildman–Crippen LogP) is 1.52. The van der Waals surface area contributed by atoms with E-state index >= 15 is 0 Å². The van der Waals surface area contributed by atoms with Gasteiger partial charge < -0.3 is 14.8 Å². The number of aromatic amines is 1. The van der Waals surface area contributed by atoms with E-state index in [2.05, 4.69) is 25.1 Å². The topological polar surface area (TPSA) is 77.0 Å². The van der Waals surface area contributed by atoms with E-state index < -0.39 is 6.17 Å². The molecule has 1 amide bonds. The van der Waals surface area contributed by atoms with Crippen molar-refractivity contribution in [2.24, 2.45) is 16.1 Å². The number of carbonyl (C=O) groups is 1. The van der Waals surface area contributed by atoms with Gasteiger partial charge in [-0.1, -0.05) is 6.92 Å². The number of piperidine rings is 1. The first-order valence-corrected chi connectivity index (χ1v) is 9.02. The third-order valence-corrected chi connectivity index (χ3v) is 5.34. The Morgan fingerprint density at radius 2 is 2.12 bits per heavy atom. The summed E-state index contributed by atoms with van der Waals surface area (Å²) in [5.74, 6) is 0.690. The van der Waals surface area contributed by atoms with Gasteiger partial charge in [-0.2, -0.15) is 0 Å². The number of hydrogen-bond acceptors (Lipinski definition) is 5. The maximum Gasteiger partial charge on any atom is 0.271 e. The van der Waals surface area contributed by atoms with Gasteiger partial charge in [0.05, 0.1) is 30.2 Å². The number of nitrogens with one attached hydrogen (secondary N) is 1. The van der Waals surface area contributed by atoms with E-state index in [1.54, 1.807) is 6.33 Å². The van der Waals surface area contributed by atoms with E-state index in [0.717, 1.165) is 30.1 Å². The van der Waals surface area contributed by atoms with Crippen molar-refractivity contribution in [3.63, 3.8) is 0 Å². The van der Waals surface area contributed by atoms with Gasteiger partial charge in [0.2, 0.25) is 0 Å². The maximum absolute atomic E-state index is 13.4. The summed E-state index contributed by atoms with van der Waals surface area (Å²) in [5.41, 5.74) is 2.55. The molecule has 1 saturated heterocycles. The molecular formula is C17H23FN6O. The minimum absolute atomic E-state index is 0.0498. The maximum atomic E-state index is 13.4. The molecule has 0 aliphatic carbocycles. The molecule has 134 valence electrons. The second kappa shape index (κ2) is 6.57. The summed E-state index contributed by atoms with van der Waals surface area (Å²) in [6.07, 6.45) is 3.52. The van der Waals surface area contributed by atoms with Crippen LogP contribution in [-0.4, -0.2) is 63.0 Å². The highest BCUT2D eigenvalue weighted by molar-refractivity contribution is 6.44. The number of carbonyl (C=O) groups excluding carboxylic acids is 1. The second-order valence-electron chi connectivity index (χ2n) is 6.87. The van der Waals surface area contributed by atoms with Crippen molar-refractivity contribution in [1.29, 1.82) is 0 Å². The van der Waals surface area contributed by atoms with E-state index in [1.165, 1.54) is 0 Å². The molecule has 4 heterocycles. The van der Waals surface area contributed by atoms with Crippen LogP contribution < -0.4 is 0 Å². The number of amidine groups is 1. The van der Waals surface area contributed by atoms with Gasteiger partial charge in [-0.05, 0) is 19.3 Å². The normalized spacial score (nSPS) is 24.2. The predicted molar refractivity (Wildman–Crippen MR) is 92.1 cm³/mol. The van der Waals surface area contributed by atoms with Crippen molar-refractivity contribution in [2.75, 3.05) is 19.6 Å². The van der Waals surface area contributed by atoms with Crippen molar-refractivity contribution in [1.82, 2.24) is 19.8 Å². The number of fused-ring (bicyclic) bond motifs is 1. The fraction of sp³-hybridized carbons (Fsp3) is 0.647.